The zero-order valence-corrected chi connectivity index (χ0v) is 13.4. The normalized spacial score (nSPS) is 21.5. The van der Waals surface area contributed by atoms with E-state index in [-0.39, 0.29) is 5.91 Å². The van der Waals surface area contributed by atoms with Crippen LogP contribution in [-0.4, -0.2) is 76.9 Å². The Morgan fingerprint density at radius 2 is 2.21 bits per heavy atom. The zero-order valence-electron chi connectivity index (χ0n) is 13.4. The van der Waals surface area contributed by atoms with E-state index in [1.807, 2.05) is 4.90 Å². The molecule has 0 bridgehead atoms. The average molecular weight is 333 g/mol. The van der Waals surface area contributed by atoms with Gasteiger partial charge in [-0.1, -0.05) is 6.07 Å². The quantitative estimate of drug-likeness (QED) is 0.410. The first-order valence-corrected chi connectivity index (χ1v) is 8.12. The third-order valence-electron chi connectivity index (χ3n) is 4.34. The molecule has 1 saturated heterocycles. The molecular weight excluding hydrogens is 310 g/mol. The maximum Gasteiger partial charge on any atom is 0.254 e. The molecule has 0 aliphatic carbocycles. The molecule has 1 atom stereocenters. The van der Waals surface area contributed by atoms with E-state index in [2.05, 4.69) is 10.3 Å². The SMILES string of the molecule is Nc1cccc(C(=O)N2CCN(C3=NCCCN3)CC2C(O)O)c1. The van der Waals surface area contributed by atoms with Crippen molar-refractivity contribution in [2.45, 2.75) is 18.8 Å². The number of hydrogen-bond donors (Lipinski definition) is 4. The largest absolute Gasteiger partial charge is 0.399 e. The summed E-state index contributed by atoms with van der Waals surface area (Å²) in [5, 5.41) is 22.8. The molecule has 2 aliphatic heterocycles. The Morgan fingerprint density at radius 1 is 1.38 bits per heavy atom. The van der Waals surface area contributed by atoms with Gasteiger partial charge in [-0.15, -0.1) is 0 Å². The van der Waals surface area contributed by atoms with Crippen LogP contribution in [0.5, 0.6) is 0 Å². The molecule has 8 nitrogen and oxygen atoms in total. The van der Waals surface area contributed by atoms with Crippen LogP contribution in [0.3, 0.4) is 0 Å². The number of nitrogen functional groups attached to an aromatic ring is 1. The number of rotatable bonds is 2. The molecule has 0 radical (unpaired) electrons. The van der Waals surface area contributed by atoms with Crippen molar-refractivity contribution >= 4 is 17.6 Å². The van der Waals surface area contributed by atoms with E-state index in [0.29, 0.717) is 30.9 Å². The molecule has 8 heteroatoms. The topological polar surface area (TPSA) is 114 Å². The first-order chi connectivity index (χ1) is 11.6. The monoisotopic (exact) mass is 333 g/mol. The maximum absolute atomic E-state index is 12.7. The molecule has 24 heavy (non-hydrogen) atoms. The predicted molar refractivity (Wildman–Crippen MR) is 90.4 cm³/mol. The van der Waals surface area contributed by atoms with Crippen molar-refractivity contribution in [3.63, 3.8) is 0 Å². The third-order valence-corrected chi connectivity index (χ3v) is 4.34. The Labute approximate surface area is 140 Å². The fraction of sp³-hybridized carbons (Fsp3) is 0.500. The number of amides is 1. The Bertz CT molecular complexity index is 634. The van der Waals surface area contributed by atoms with Gasteiger partial charge in [-0.05, 0) is 24.6 Å². The molecule has 1 amide bonds. The molecule has 0 spiro atoms. The summed E-state index contributed by atoms with van der Waals surface area (Å²) in [5.41, 5.74) is 6.69. The van der Waals surface area contributed by atoms with Crippen LogP contribution in [0.2, 0.25) is 0 Å². The summed E-state index contributed by atoms with van der Waals surface area (Å²) in [4.78, 5) is 20.6. The molecule has 1 unspecified atom stereocenters. The Hall–Kier alpha value is -2.32. The summed E-state index contributed by atoms with van der Waals surface area (Å²) in [7, 11) is 0. The first kappa shape index (κ1) is 16.5. The minimum Gasteiger partial charge on any atom is -0.399 e. The second-order valence-corrected chi connectivity index (χ2v) is 6.04. The molecule has 1 aromatic rings. The predicted octanol–water partition coefficient (Wildman–Crippen LogP) is -0.945. The molecule has 3 rings (SSSR count). The van der Waals surface area contributed by atoms with Crippen LogP contribution in [0.15, 0.2) is 29.3 Å². The van der Waals surface area contributed by atoms with Gasteiger partial charge in [0.1, 0.15) is 6.04 Å². The van der Waals surface area contributed by atoms with Gasteiger partial charge in [0.25, 0.3) is 5.91 Å². The van der Waals surface area contributed by atoms with E-state index in [0.717, 1.165) is 25.5 Å². The molecular formula is C16H23N5O3. The lowest BCUT2D eigenvalue weighted by atomic mass is 10.1. The van der Waals surface area contributed by atoms with Crippen LogP contribution in [0.25, 0.3) is 0 Å². The van der Waals surface area contributed by atoms with Crippen molar-refractivity contribution in [1.82, 2.24) is 15.1 Å². The van der Waals surface area contributed by atoms with Crippen LogP contribution in [0.4, 0.5) is 5.69 Å². The fourth-order valence-corrected chi connectivity index (χ4v) is 3.08. The number of benzene rings is 1. The third kappa shape index (κ3) is 3.44. The number of nitrogens with one attached hydrogen (secondary N) is 1. The number of nitrogens with zero attached hydrogens (tertiary/aromatic N) is 3. The minimum atomic E-state index is -1.62. The lowest BCUT2D eigenvalue weighted by Gasteiger charge is -2.43. The van der Waals surface area contributed by atoms with E-state index in [4.69, 9.17) is 5.73 Å². The summed E-state index contributed by atoms with van der Waals surface area (Å²) >= 11 is 0. The molecule has 0 saturated carbocycles. The van der Waals surface area contributed by atoms with Crippen molar-refractivity contribution in [2.75, 3.05) is 38.5 Å². The van der Waals surface area contributed by atoms with Gasteiger partial charge in [0.15, 0.2) is 12.2 Å². The lowest BCUT2D eigenvalue weighted by molar-refractivity contribution is -0.105. The van der Waals surface area contributed by atoms with Gasteiger partial charge in [-0.2, -0.15) is 0 Å². The standard InChI is InChI=1S/C16H23N5O3/c17-12-4-1-3-11(9-12)14(22)21-8-7-20(10-13(21)15(23)24)16-18-5-2-6-19-16/h1,3-4,9,13,15,23-24H,2,5-8,10,17H2,(H,18,19). The number of aliphatic imine (C=N–C) groups is 1. The number of piperazine rings is 1. The van der Waals surface area contributed by atoms with Gasteiger partial charge in [-0.3, -0.25) is 9.79 Å². The molecule has 0 aromatic heterocycles. The Kier molecular flexibility index (Phi) is 4.86. The van der Waals surface area contributed by atoms with Crippen LogP contribution < -0.4 is 11.1 Å². The Morgan fingerprint density at radius 3 is 2.88 bits per heavy atom. The van der Waals surface area contributed by atoms with Gasteiger partial charge in [0.2, 0.25) is 0 Å². The summed E-state index contributed by atoms with van der Waals surface area (Å²) in [5.74, 6) is 0.515. The molecule has 1 fully saturated rings. The van der Waals surface area contributed by atoms with Gasteiger partial charge in [0, 0.05) is 44.0 Å². The summed E-state index contributed by atoms with van der Waals surface area (Å²) < 4.78 is 0. The molecule has 1 aromatic carbocycles. The Balaban J connectivity index is 1.76. The highest BCUT2D eigenvalue weighted by Gasteiger charge is 2.36. The number of nitrogens with two attached hydrogens (primary N) is 1. The number of carbonyl (C=O) groups excluding carboxylic acids is 1. The molecule has 130 valence electrons. The van der Waals surface area contributed by atoms with Crippen LogP contribution in [0, 0.1) is 0 Å². The summed E-state index contributed by atoms with van der Waals surface area (Å²) in [6, 6.07) is 5.98. The smallest absolute Gasteiger partial charge is 0.254 e. The lowest BCUT2D eigenvalue weighted by Crippen LogP contribution is -2.62. The number of guanidine groups is 1. The second kappa shape index (κ2) is 7.06. The molecule has 2 heterocycles. The van der Waals surface area contributed by atoms with Crippen molar-refractivity contribution in [1.29, 1.82) is 0 Å². The number of anilines is 1. The van der Waals surface area contributed by atoms with Gasteiger partial charge < -0.3 is 31.1 Å². The molecule has 5 N–H and O–H groups in total. The second-order valence-electron chi connectivity index (χ2n) is 6.04. The van der Waals surface area contributed by atoms with Crippen LogP contribution in [-0.2, 0) is 0 Å². The number of carbonyl (C=O) groups is 1. The van der Waals surface area contributed by atoms with Gasteiger partial charge >= 0.3 is 0 Å². The fourth-order valence-electron chi connectivity index (χ4n) is 3.08. The van der Waals surface area contributed by atoms with Crippen molar-refractivity contribution in [3.8, 4) is 0 Å². The van der Waals surface area contributed by atoms with E-state index in [1.165, 1.54) is 4.90 Å². The summed E-state index contributed by atoms with van der Waals surface area (Å²) in [6.45, 7) is 2.90. The average Bonchev–Trinajstić information content (AvgIpc) is 2.61. The number of hydrogen-bond acceptors (Lipinski definition) is 7. The van der Waals surface area contributed by atoms with Crippen molar-refractivity contribution in [3.05, 3.63) is 29.8 Å². The van der Waals surface area contributed by atoms with E-state index in [1.54, 1.807) is 24.3 Å². The van der Waals surface area contributed by atoms with Gasteiger partial charge in [-0.25, -0.2) is 0 Å². The van der Waals surface area contributed by atoms with Crippen LogP contribution >= 0.6 is 0 Å². The highest BCUT2D eigenvalue weighted by molar-refractivity contribution is 5.95. The first-order valence-electron chi connectivity index (χ1n) is 8.12. The van der Waals surface area contributed by atoms with Crippen molar-refractivity contribution in [2.24, 2.45) is 4.99 Å². The highest BCUT2D eigenvalue weighted by Crippen LogP contribution is 2.18. The summed E-state index contributed by atoms with van der Waals surface area (Å²) in [6.07, 6.45) is -0.634. The van der Waals surface area contributed by atoms with Crippen molar-refractivity contribution < 1.29 is 15.0 Å². The highest BCUT2D eigenvalue weighted by atomic mass is 16.5. The maximum atomic E-state index is 12.7. The number of aliphatic hydroxyl groups excluding tert-OH is 1. The van der Waals surface area contributed by atoms with E-state index >= 15 is 0 Å². The van der Waals surface area contributed by atoms with E-state index < -0.39 is 12.3 Å². The zero-order chi connectivity index (χ0) is 17.1. The van der Waals surface area contributed by atoms with Gasteiger partial charge in [0.05, 0.1) is 0 Å². The van der Waals surface area contributed by atoms with Crippen LogP contribution in [0.1, 0.15) is 16.8 Å². The molecule has 2 aliphatic rings. The van der Waals surface area contributed by atoms with E-state index in [9.17, 15) is 15.0 Å². The minimum absolute atomic E-state index is 0.251. The number of aliphatic hydroxyl groups is 2.